The highest BCUT2D eigenvalue weighted by Crippen LogP contribution is 2.42. The summed E-state index contributed by atoms with van der Waals surface area (Å²) in [6, 6.07) is 18.4. The Morgan fingerprint density at radius 2 is 1.79 bits per heavy atom. The maximum atomic E-state index is 15.7. The van der Waals surface area contributed by atoms with Gasteiger partial charge in [0.05, 0.1) is 23.5 Å². The Morgan fingerprint density at radius 3 is 2.46 bits per heavy atom. The van der Waals surface area contributed by atoms with Crippen molar-refractivity contribution >= 4 is 56.3 Å². The number of nitrogens with zero attached hydrogens (tertiary/aromatic N) is 6. The summed E-state index contributed by atoms with van der Waals surface area (Å²) in [5.41, 5.74) is 14.4. The highest BCUT2D eigenvalue weighted by atomic mass is 31.0. The molecule has 68 heavy (non-hydrogen) atoms. The van der Waals surface area contributed by atoms with E-state index in [1.165, 1.54) is 28.8 Å². The third-order valence-corrected chi connectivity index (χ3v) is 14.4. The van der Waals surface area contributed by atoms with Crippen LogP contribution in [-0.2, 0) is 20.9 Å². The van der Waals surface area contributed by atoms with Crippen LogP contribution in [0.4, 0.5) is 18.9 Å². The number of methoxy groups -OCH3 is 1. The van der Waals surface area contributed by atoms with Crippen LogP contribution in [0.15, 0.2) is 95.5 Å². The zero-order chi connectivity index (χ0) is 48.4. The fourth-order valence-corrected chi connectivity index (χ4v) is 10.5. The largest absolute Gasteiger partial charge is 0.377 e. The third kappa shape index (κ3) is 12.9. The number of aromatic nitrogens is 2. The molecule has 3 fully saturated rings. The van der Waals surface area contributed by atoms with E-state index in [9.17, 15) is 9.59 Å². The lowest BCUT2D eigenvalue weighted by molar-refractivity contribution is -0.536. The average molecular weight is 952 g/mol. The summed E-state index contributed by atoms with van der Waals surface area (Å²) in [5.74, 6) is -4.09. The Labute approximate surface area is 401 Å². The number of aliphatic imine (C=N–C) groups is 1. The first-order chi connectivity index (χ1) is 32.7. The number of hydrogen-bond donors (Lipinski definition) is 2. The van der Waals surface area contributed by atoms with Gasteiger partial charge in [-0.2, -0.15) is 0 Å². The zero-order valence-corrected chi connectivity index (χ0v) is 40.8. The molecule has 0 radical (unpaired) electrons. The quantitative estimate of drug-likeness (QED) is 0.0318. The summed E-state index contributed by atoms with van der Waals surface area (Å²) in [5, 5.41) is 2.83. The summed E-state index contributed by atoms with van der Waals surface area (Å²) in [6.07, 6.45) is 13.4. The van der Waals surface area contributed by atoms with E-state index in [0.29, 0.717) is 37.8 Å². The number of imidazole rings is 1. The summed E-state index contributed by atoms with van der Waals surface area (Å²) in [6.45, 7) is 12.4. The molecule has 0 bridgehead atoms. The summed E-state index contributed by atoms with van der Waals surface area (Å²) in [7, 11) is 6.18. The number of carbonyl (C=O) groups is 2. The second kappa shape index (κ2) is 23.4. The minimum Gasteiger partial charge on any atom is -0.377 e. The number of rotatable bonds is 19. The molecule has 1 amide bonds. The van der Waals surface area contributed by atoms with Crippen LogP contribution in [0.1, 0.15) is 91.8 Å². The van der Waals surface area contributed by atoms with E-state index < -0.39 is 36.2 Å². The van der Waals surface area contributed by atoms with E-state index in [4.69, 9.17) is 15.5 Å². The molecule has 4 aromatic rings. The lowest BCUT2D eigenvalue weighted by Gasteiger charge is -2.40. The van der Waals surface area contributed by atoms with Crippen molar-refractivity contribution in [3.8, 4) is 0 Å². The fourth-order valence-electron chi connectivity index (χ4n) is 10.1. The van der Waals surface area contributed by atoms with Gasteiger partial charge in [0.1, 0.15) is 43.7 Å². The van der Waals surface area contributed by atoms with Gasteiger partial charge in [0, 0.05) is 64.0 Å². The number of ether oxygens (including phenoxy) is 1. The van der Waals surface area contributed by atoms with Gasteiger partial charge < -0.3 is 24.9 Å². The Hall–Kier alpha value is -5.27. The molecule has 362 valence electrons. The Balaban J connectivity index is 0.852. The molecule has 3 aromatic carbocycles. The predicted molar refractivity (Wildman–Crippen MR) is 271 cm³/mol. The van der Waals surface area contributed by atoms with Gasteiger partial charge >= 0.3 is 0 Å². The van der Waals surface area contributed by atoms with E-state index in [-0.39, 0.29) is 30.5 Å². The number of allylic oxidation sites excluding steroid dienone is 4. The van der Waals surface area contributed by atoms with Crippen LogP contribution in [0.3, 0.4) is 0 Å². The maximum absolute atomic E-state index is 15.7. The van der Waals surface area contributed by atoms with Crippen LogP contribution in [0, 0.1) is 11.7 Å². The minimum atomic E-state index is -3.10. The number of amides is 1. The number of halogens is 3. The average Bonchev–Trinajstić information content (AvgIpc) is 3.62. The second-order valence-corrected chi connectivity index (χ2v) is 19.3. The van der Waals surface area contributed by atoms with Gasteiger partial charge in [-0.15, -0.1) is 0 Å². The number of benzene rings is 3. The number of hydrogen-bond acceptors (Lipinski definition) is 8. The lowest BCUT2D eigenvalue weighted by Crippen LogP contribution is -2.49. The first kappa shape index (κ1) is 50.6. The van der Waals surface area contributed by atoms with Crippen molar-refractivity contribution in [1.29, 1.82) is 0 Å². The van der Waals surface area contributed by atoms with Crippen LogP contribution in [0.25, 0.3) is 16.6 Å². The lowest BCUT2D eigenvalue weighted by atomic mass is 9.85. The van der Waals surface area contributed by atoms with Crippen LogP contribution in [0.2, 0.25) is 0 Å². The third-order valence-electron chi connectivity index (χ3n) is 13.8. The number of piperidine rings is 3. The van der Waals surface area contributed by atoms with Gasteiger partial charge in [0.25, 0.3) is 5.92 Å². The molecular formula is C53H67F3N8O3P+. The standard InChI is InChI=1S/C53H66F3N8O3P/c1-36(28-37(2)44(15-21-58-3)42-11-14-48-50(29-42)64(68)51(60-48)34-67-4)31-61-24-18-41(19-25-61)40-9-7-38(8-10-40)32-62-22-16-39(17-23-62)33-63-26-20-46(53(55,56)35-63)45-13-12-43(30-47(45)54)59-49(52(57)66)6-5-27-65/h7-15,21,27-30,32,39,41,46,49,59H,2,5-6,16-20,22-26,31,33-35,68H2,1,3-4H3,(H-,57,66)/p+1/b36-28+,44-15+,58-21?,62-32?. The van der Waals surface area contributed by atoms with Crippen molar-refractivity contribution in [1.82, 2.24) is 19.1 Å². The molecule has 0 spiro atoms. The number of anilines is 1. The van der Waals surface area contributed by atoms with Crippen LogP contribution < -0.4 is 11.1 Å². The SMILES string of the molecule is C=C(/C=C(\C)CN1CCC(c2ccc(C=[N+]3CCC(CN4CCC(c5ccc(NC(CCC=O)C(N)=O)cc5F)C(F)(F)C4)CC3)cc2)CC1)/C(=C\C=NC)c1ccc2nc(COC)n(P)c2c1. The molecule has 0 aliphatic carbocycles. The molecule has 3 unspecified atom stereocenters. The molecule has 0 saturated carbocycles. The number of nitrogens with two attached hydrogens (primary N) is 1. The molecule has 3 saturated heterocycles. The highest BCUT2D eigenvalue weighted by Gasteiger charge is 2.46. The molecular weight excluding hydrogens is 885 g/mol. The first-order valence-corrected chi connectivity index (χ1v) is 24.3. The van der Waals surface area contributed by atoms with Crippen LogP contribution >= 0.6 is 9.39 Å². The minimum absolute atomic E-state index is 0.0287. The Bertz CT molecular complexity index is 2540. The van der Waals surface area contributed by atoms with E-state index in [1.54, 1.807) is 14.2 Å². The van der Waals surface area contributed by atoms with Crippen molar-refractivity contribution in [2.75, 3.05) is 71.8 Å². The molecule has 3 atom stereocenters. The van der Waals surface area contributed by atoms with Crippen LogP contribution in [-0.4, -0.2) is 127 Å². The first-order valence-electron chi connectivity index (χ1n) is 23.8. The molecule has 3 aliphatic heterocycles. The van der Waals surface area contributed by atoms with E-state index in [2.05, 4.69) is 91.4 Å². The molecule has 1 aromatic heterocycles. The maximum Gasteiger partial charge on any atom is 0.267 e. The topological polar surface area (TPSA) is 121 Å². The number of alkyl halides is 2. The molecule has 3 N–H and O–H groups in total. The fraction of sp³-hybridized carbons (Fsp3) is 0.453. The van der Waals surface area contributed by atoms with Crippen LogP contribution in [0.5, 0.6) is 0 Å². The second-order valence-electron chi connectivity index (χ2n) is 18.8. The van der Waals surface area contributed by atoms with Crippen molar-refractivity contribution in [3.63, 3.8) is 0 Å². The number of fused-ring (bicyclic) bond motifs is 1. The predicted octanol–water partition coefficient (Wildman–Crippen LogP) is 8.64. The zero-order valence-electron chi connectivity index (χ0n) is 39.7. The van der Waals surface area contributed by atoms with Crippen molar-refractivity contribution < 1.29 is 32.1 Å². The highest BCUT2D eigenvalue weighted by molar-refractivity contribution is 7.15. The monoisotopic (exact) mass is 952 g/mol. The van der Waals surface area contributed by atoms with Gasteiger partial charge in [0.15, 0.2) is 6.21 Å². The van der Waals surface area contributed by atoms with E-state index in [0.717, 1.165) is 98.0 Å². The molecule has 3 aliphatic rings. The molecule has 11 nitrogen and oxygen atoms in total. The van der Waals surface area contributed by atoms with E-state index in [1.807, 2.05) is 27.6 Å². The Kier molecular flexibility index (Phi) is 17.4. The summed E-state index contributed by atoms with van der Waals surface area (Å²) >= 11 is 0. The van der Waals surface area contributed by atoms with Gasteiger partial charge in [-0.3, -0.25) is 19.6 Å². The number of aldehydes is 1. The molecule has 4 heterocycles. The van der Waals surface area contributed by atoms with Gasteiger partial charge in [-0.1, -0.05) is 42.5 Å². The normalized spacial score (nSPS) is 20.5. The van der Waals surface area contributed by atoms with Crippen molar-refractivity contribution in [2.45, 2.75) is 82.3 Å². The summed E-state index contributed by atoms with van der Waals surface area (Å²) in [4.78, 5) is 35.8. The van der Waals surface area contributed by atoms with Gasteiger partial charge in [-0.25, -0.2) is 22.7 Å². The molecule has 7 rings (SSSR count). The Morgan fingerprint density at radius 1 is 1.06 bits per heavy atom. The smallest absolute Gasteiger partial charge is 0.267 e. The van der Waals surface area contributed by atoms with E-state index >= 15 is 13.2 Å². The molecule has 15 heteroatoms. The number of likely N-dealkylation sites (tertiary alicyclic amines) is 2. The van der Waals surface area contributed by atoms with Gasteiger partial charge in [-0.05, 0) is 144 Å². The van der Waals surface area contributed by atoms with Crippen molar-refractivity contribution in [3.05, 3.63) is 124 Å². The van der Waals surface area contributed by atoms with Gasteiger partial charge in [0.2, 0.25) is 5.91 Å². The summed E-state index contributed by atoms with van der Waals surface area (Å²) < 4.78 is 56.2. The number of nitrogens with one attached hydrogen (secondary N) is 1. The number of carbonyl (C=O) groups excluding carboxylic acids is 2. The van der Waals surface area contributed by atoms with Crippen molar-refractivity contribution in [2.24, 2.45) is 16.6 Å². The number of primary amides is 1.